The molecule has 0 radical (unpaired) electrons. The van der Waals surface area contributed by atoms with Crippen LogP contribution >= 0.6 is 12.4 Å². The fourth-order valence-corrected chi connectivity index (χ4v) is 1.73. The number of hydrogen-bond donors (Lipinski definition) is 2. The Hall–Kier alpha value is -1.85. The number of carbonyl (C=O) groups is 1. The molecule has 0 atom stereocenters. The normalized spacial score (nSPS) is 9.85. The van der Waals surface area contributed by atoms with Crippen molar-refractivity contribution in [1.82, 2.24) is 15.6 Å². The molecule has 1 amide bonds. The Kier molecular flexibility index (Phi) is 6.76. The fraction of sp³-hybridized carbons (Fsp3) is 0.286. The van der Waals surface area contributed by atoms with Crippen molar-refractivity contribution < 1.29 is 9.21 Å². The standard InChI is InChI=1S/C14H17N3O2.ClH/c1-15-8-7-13(18)16-9-12-14(19-10-17-12)11-5-3-2-4-6-11;/h2-6,10,15H,7-9H2,1H3,(H,16,18);1H. The van der Waals surface area contributed by atoms with Crippen LogP contribution in [0.15, 0.2) is 41.1 Å². The SMILES string of the molecule is CNCCC(=O)NCc1ncoc1-c1ccccc1.Cl. The lowest BCUT2D eigenvalue weighted by atomic mass is 10.1. The summed E-state index contributed by atoms with van der Waals surface area (Å²) in [5, 5.41) is 5.76. The molecular formula is C14H18ClN3O2. The number of nitrogens with one attached hydrogen (secondary N) is 2. The molecule has 1 aromatic heterocycles. The average Bonchev–Trinajstić information content (AvgIpc) is 2.92. The van der Waals surface area contributed by atoms with E-state index in [2.05, 4.69) is 15.6 Å². The van der Waals surface area contributed by atoms with Gasteiger partial charge in [-0.2, -0.15) is 0 Å². The fourth-order valence-electron chi connectivity index (χ4n) is 1.73. The molecule has 108 valence electrons. The van der Waals surface area contributed by atoms with E-state index in [0.29, 0.717) is 25.3 Å². The van der Waals surface area contributed by atoms with Crippen LogP contribution in [0.2, 0.25) is 0 Å². The van der Waals surface area contributed by atoms with Crippen LogP contribution < -0.4 is 10.6 Å². The molecule has 0 aliphatic heterocycles. The van der Waals surface area contributed by atoms with Gasteiger partial charge in [-0.25, -0.2) is 4.98 Å². The number of rotatable bonds is 6. The molecule has 2 rings (SSSR count). The molecule has 0 aliphatic rings. The van der Waals surface area contributed by atoms with Crippen molar-refractivity contribution >= 4 is 18.3 Å². The molecule has 0 saturated carbocycles. The van der Waals surface area contributed by atoms with Gasteiger partial charge in [0.05, 0.1) is 6.54 Å². The summed E-state index contributed by atoms with van der Waals surface area (Å²) in [6.45, 7) is 1.04. The third-order valence-electron chi connectivity index (χ3n) is 2.73. The van der Waals surface area contributed by atoms with Crippen LogP contribution in [-0.4, -0.2) is 24.5 Å². The highest BCUT2D eigenvalue weighted by Crippen LogP contribution is 2.22. The summed E-state index contributed by atoms with van der Waals surface area (Å²) in [6.07, 6.45) is 1.85. The largest absolute Gasteiger partial charge is 0.443 e. The van der Waals surface area contributed by atoms with Gasteiger partial charge in [0.25, 0.3) is 0 Å². The van der Waals surface area contributed by atoms with Crippen LogP contribution in [0.4, 0.5) is 0 Å². The predicted octanol–water partition coefficient (Wildman–Crippen LogP) is 1.99. The van der Waals surface area contributed by atoms with Crippen LogP contribution in [0, 0.1) is 0 Å². The summed E-state index contributed by atoms with van der Waals surface area (Å²) in [5.41, 5.74) is 1.70. The first-order valence-electron chi connectivity index (χ1n) is 6.20. The van der Waals surface area contributed by atoms with Crippen LogP contribution in [0.25, 0.3) is 11.3 Å². The van der Waals surface area contributed by atoms with Crippen molar-refractivity contribution in [1.29, 1.82) is 0 Å². The molecule has 0 saturated heterocycles. The van der Waals surface area contributed by atoms with E-state index in [1.165, 1.54) is 6.39 Å². The number of oxazole rings is 1. The van der Waals surface area contributed by atoms with Gasteiger partial charge in [0.1, 0.15) is 5.69 Å². The van der Waals surface area contributed by atoms with Gasteiger partial charge in [-0.05, 0) is 7.05 Å². The minimum atomic E-state index is -0.00337. The lowest BCUT2D eigenvalue weighted by molar-refractivity contribution is -0.121. The zero-order valence-corrected chi connectivity index (χ0v) is 12.1. The highest BCUT2D eigenvalue weighted by Gasteiger charge is 2.11. The minimum absolute atomic E-state index is 0. The monoisotopic (exact) mass is 295 g/mol. The minimum Gasteiger partial charge on any atom is -0.443 e. The maximum Gasteiger partial charge on any atom is 0.221 e. The van der Waals surface area contributed by atoms with E-state index in [4.69, 9.17) is 4.42 Å². The van der Waals surface area contributed by atoms with Crippen molar-refractivity contribution in [3.05, 3.63) is 42.4 Å². The van der Waals surface area contributed by atoms with Crippen LogP contribution in [0.5, 0.6) is 0 Å². The highest BCUT2D eigenvalue weighted by molar-refractivity contribution is 5.85. The number of aromatic nitrogens is 1. The number of halogens is 1. The number of nitrogens with zero attached hydrogens (tertiary/aromatic N) is 1. The maximum atomic E-state index is 11.5. The first kappa shape index (κ1) is 16.2. The zero-order chi connectivity index (χ0) is 13.5. The second kappa shape index (κ2) is 8.35. The zero-order valence-electron chi connectivity index (χ0n) is 11.3. The number of hydrogen-bond acceptors (Lipinski definition) is 4. The third kappa shape index (κ3) is 4.36. The van der Waals surface area contributed by atoms with Crippen molar-refractivity contribution in [2.24, 2.45) is 0 Å². The average molecular weight is 296 g/mol. The summed E-state index contributed by atoms with van der Waals surface area (Å²) in [4.78, 5) is 15.7. The molecule has 0 unspecified atom stereocenters. The van der Waals surface area contributed by atoms with Crippen LogP contribution in [-0.2, 0) is 11.3 Å². The van der Waals surface area contributed by atoms with E-state index in [-0.39, 0.29) is 18.3 Å². The number of carbonyl (C=O) groups excluding carboxylic acids is 1. The second-order valence-corrected chi connectivity index (χ2v) is 4.12. The van der Waals surface area contributed by atoms with Crippen molar-refractivity contribution in [3.63, 3.8) is 0 Å². The number of benzene rings is 1. The highest BCUT2D eigenvalue weighted by atomic mass is 35.5. The third-order valence-corrected chi connectivity index (χ3v) is 2.73. The molecule has 1 heterocycles. The maximum absolute atomic E-state index is 11.5. The Balaban J connectivity index is 0.00000200. The summed E-state index contributed by atoms with van der Waals surface area (Å²) >= 11 is 0. The molecule has 0 aliphatic carbocycles. The van der Waals surface area contributed by atoms with E-state index in [9.17, 15) is 4.79 Å². The van der Waals surface area contributed by atoms with E-state index in [1.54, 1.807) is 0 Å². The molecule has 2 aromatic rings. The topological polar surface area (TPSA) is 67.2 Å². The number of amides is 1. The smallest absolute Gasteiger partial charge is 0.221 e. The molecular weight excluding hydrogens is 278 g/mol. The Bertz CT molecular complexity index is 528. The van der Waals surface area contributed by atoms with E-state index >= 15 is 0 Å². The summed E-state index contributed by atoms with van der Waals surface area (Å²) in [6, 6.07) is 9.72. The van der Waals surface area contributed by atoms with Crippen molar-refractivity contribution in [2.75, 3.05) is 13.6 Å². The molecule has 0 spiro atoms. The van der Waals surface area contributed by atoms with Crippen LogP contribution in [0.1, 0.15) is 12.1 Å². The lowest BCUT2D eigenvalue weighted by Gasteiger charge is -2.04. The predicted molar refractivity (Wildman–Crippen MR) is 79.6 cm³/mol. The van der Waals surface area contributed by atoms with Gasteiger partial charge >= 0.3 is 0 Å². The Labute approximate surface area is 124 Å². The quantitative estimate of drug-likeness (QED) is 0.855. The van der Waals surface area contributed by atoms with Gasteiger partial charge in [-0.15, -0.1) is 12.4 Å². The first-order chi connectivity index (χ1) is 9.31. The molecule has 1 aromatic carbocycles. The Morgan fingerprint density at radius 1 is 1.30 bits per heavy atom. The second-order valence-electron chi connectivity index (χ2n) is 4.12. The van der Waals surface area contributed by atoms with Gasteiger partial charge in [0.2, 0.25) is 5.91 Å². The molecule has 6 heteroatoms. The summed E-state index contributed by atoms with van der Waals surface area (Å²) in [7, 11) is 1.82. The van der Waals surface area contributed by atoms with E-state index in [0.717, 1.165) is 11.3 Å². The first-order valence-corrected chi connectivity index (χ1v) is 6.20. The molecule has 0 fully saturated rings. The van der Waals surface area contributed by atoms with E-state index in [1.807, 2.05) is 37.4 Å². The van der Waals surface area contributed by atoms with E-state index < -0.39 is 0 Å². The van der Waals surface area contributed by atoms with Gasteiger partial charge in [0.15, 0.2) is 12.2 Å². The van der Waals surface area contributed by atoms with Gasteiger partial charge in [0, 0.05) is 18.5 Å². The Morgan fingerprint density at radius 2 is 2.05 bits per heavy atom. The molecule has 5 nitrogen and oxygen atoms in total. The molecule has 20 heavy (non-hydrogen) atoms. The van der Waals surface area contributed by atoms with Gasteiger partial charge < -0.3 is 15.1 Å². The summed E-state index contributed by atoms with van der Waals surface area (Å²) in [5.74, 6) is 0.700. The summed E-state index contributed by atoms with van der Waals surface area (Å²) < 4.78 is 5.39. The molecule has 0 bridgehead atoms. The lowest BCUT2D eigenvalue weighted by Crippen LogP contribution is -2.26. The van der Waals surface area contributed by atoms with Gasteiger partial charge in [-0.3, -0.25) is 4.79 Å². The van der Waals surface area contributed by atoms with Crippen LogP contribution in [0.3, 0.4) is 0 Å². The van der Waals surface area contributed by atoms with Crippen molar-refractivity contribution in [2.45, 2.75) is 13.0 Å². The Morgan fingerprint density at radius 3 is 2.75 bits per heavy atom. The van der Waals surface area contributed by atoms with Gasteiger partial charge in [-0.1, -0.05) is 30.3 Å². The van der Waals surface area contributed by atoms with Crippen molar-refractivity contribution in [3.8, 4) is 11.3 Å². The molecule has 2 N–H and O–H groups in total.